The van der Waals surface area contributed by atoms with Crippen LogP contribution in [-0.2, 0) is 0 Å². The Morgan fingerprint density at radius 1 is 1.60 bits per heavy atom. The number of thiazole rings is 1. The lowest BCUT2D eigenvalue weighted by Crippen LogP contribution is -2.26. The van der Waals surface area contributed by atoms with Crippen molar-refractivity contribution >= 4 is 28.6 Å². The number of carbonyl (C=O) groups excluding carboxylic acids is 1. The van der Waals surface area contributed by atoms with Crippen LogP contribution >= 0.6 is 22.7 Å². The van der Waals surface area contributed by atoms with Crippen molar-refractivity contribution in [2.75, 3.05) is 6.61 Å². The normalized spacial score (nSPS) is 11.6. The second-order valence-electron chi connectivity index (χ2n) is 4.13. The van der Waals surface area contributed by atoms with E-state index in [9.17, 15) is 4.79 Å². The number of aromatic nitrogens is 1. The van der Waals surface area contributed by atoms with Crippen molar-refractivity contribution in [2.45, 2.75) is 19.9 Å². The molecule has 1 unspecified atom stereocenters. The first-order chi connectivity index (χ1) is 9.61. The summed E-state index contributed by atoms with van der Waals surface area (Å²) in [6.45, 7) is 3.67. The Bertz CT molecular complexity index is 664. The highest BCUT2D eigenvalue weighted by atomic mass is 32.1. The van der Waals surface area contributed by atoms with Crippen LogP contribution in [0.25, 0.3) is 0 Å². The van der Waals surface area contributed by atoms with E-state index in [0.29, 0.717) is 10.4 Å². The van der Waals surface area contributed by atoms with Gasteiger partial charge in [-0.25, -0.2) is 4.98 Å². The third-order valence-corrected chi connectivity index (χ3v) is 4.54. The second-order valence-corrected chi connectivity index (χ2v) is 6.31. The van der Waals surface area contributed by atoms with Gasteiger partial charge in [0.1, 0.15) is 16.5 Å². The Balaban J connectivity index is 2.10. The maximum absolute atomic E-state index is 12.2. The molecule has 2 rings (SSSR count). The third-order valence-electron chi connectivity index (χ3n) is 2.53. The van der Waals surface area contributed by atoms with Gasteiger partial charge in [0, 0.05) is 16.6 Å². The fourth-order valence-corrected chi connectivity index (χ4v) is 3.14. The molecule has 20 heavy (non-hydrogen) atoms. The molecule has 0 aromatic carbocycles. The molecule has 2 N–H and O–H groups in total. The molecule has 0 bridgehead atoms. The van der Waals surface area contributed by atoms with Crippen LogP contribution in [-0.4, -0.2) is 22.6 Å². The standard InChI is InChI=1S/C14H14N2O2S2/c1-9-8-15-14(20-9)10(2)16-13(18)12-11(4-3-6-17)5-7-19-12/h5,7-8,10,17H,6H2,1-2H3,(H,16,18). The number of nitrogens with one attached hydrogen (secondary N) is 1. The zero-order valence-electron chi connectivity index (χ0n) is 11.1. The molecule has 1 atom stereocenters. The highest BCUT2D eigenvalue weighted by molar-refractivity contribution is 7.12. The number of carbonyl (C=O) groups is 1. The summed E-state index contributed by atoms with van der Waals surface area (Å²) in [4.78, 5) is 18.2. The molecule has 0 spiro atoms. The number of hydrogen-bond donors (Lipinski definition) is 2. The quantitative estimate of drug-likeness (QED) is 0.856. The molecule has 1 amide bonds. The smallest absolute Gasteiger partial charge is 0.263 e. The largest absolute Gasteiger partial charge is 0.384 e. The number of rotatable bonds is 3. The molecule has 0 aliphatic rings. The van der Waals surface area contributed by atoms with E-state index in [1.165, 1.54) is 11.3 Å². The van der Waals surface area contributed by atoms with E-state index in [-0.39, 0.29) is 18.6 Å². The predicted octanol–water partition coefficient (Wildman–Crippen LogP) is 2.35. The van der Waals surface area contributed by atoms with Crippen molar-refractivity contribution < 1.29 is 9.90 Å². The van der Waals surface area contributed by atoms with Gasteiger partial charge in [0.25, 0.3) is 5.91 Å². The number of amides is 1. The molecule has 0 radical (unpaired) electrons. The van der Waals surface area contributed by atoms with Crippen molar-refractivity contribution in [3.05, 3.63) is 38.0 Å². The average molecular weight is 306 g/mol. The molecular formula is C14H14N2O2S2. The number of nitrogens with zero attached hydrogens (tertiary/aromatic N) is 1. The molecule has 2 aromatic heterocycles. The first-order valence-corrected chi connectivity index (χ1v) is 7.72. The minimum atomic E-state index is -0.217. The van der Waals surface area contributed by atoms with E-state index in [4.69, 9.17) is 5.11 Å². The highest BCUT2D eigenvalue weighted by Gasteiger charge is 2.17. The summed E-state index contributed by atoms with van der Waals surface area (Å²) < 4.78 is 0. The zero-order valence-corrected chi connectivity index (χ0v) is 12.8. The van der Waals surface area contributed by atoms with Gasteiger partial charge in [-0.15, -0.1) is 22.7 Å². The van der Waals surface area contributed by atoms with Gasteiger partial charge in [-0.2, -0.15) is 0 Å². The van der Waals surface area contributed by atoms with Crippen LogP contribution in [0.2, 0.25) is 0 Å². The lowest BCUT2D eigenvalue weighted by molar-refractivity contribution is 0.0943. The van der Waals surface area contributed by atoms with Crippen molar-refractivity contribution in [1.82, 2.24) is 10.3 Å². The van der Waals surface area contributed by atoms with Crippen molar-refractivity contribution in [2.24, 2.45) is 0 Å². The van der Waals surface area contributed by atoms with Gasteiger partial charge < -0.3 is 10.4 Å². The Labute approximate surface area is 125 Å². The van der Waals surface area contributed by atoms with E-state index in [1.54, 1.807) is 23.6 Å². The third kappa shape index (κ3) is 3.45. The minimum Gasteiger partial charge on any atom is -0.384 e. The average Bonchev–Trinajstić information content (AvgIpc) is 3.04. The van der Waals surface area contributed by atoms with Crippen LogP contribution in [0, 0.1) is 18.8 Å². The van der Waals surface area contributed by atoms with Crippen LogP contribution in [0.4, 0.5) is 0 Å². The maximum Gasteiger partial charge on any atom is 0.263 e. The van der Waals surface area contributed by atoms with Crippen molar-refractivity contribution in [3.63, 3.8) is 0 Å². The van der Waals surface area contributed by atoms with E-state index in [2.05, 4.69) is 22.1 Å². The Kier molecular flexibility index (Phi) is 4.90. The molecule has 4 nitrogen and oxygen atoms in total. The van der Waals surface area contributed by atoms with Gasteiger partial charge in [0.2, 0.25) is 0 Å². The summed E-state index contributed by atoms with van der Waals surface area (Å²) in [7, 11) is 0. The summed E-state index contributed by atoms with van der Waals surface area (Å²) in [5.41, 5.74) is 0.643. The summed E-state index contributed by atoms with van der Waals surface area (Å²) in [6.07, 6.45) is 1.80. The summed E-state index contributed by atoms with van der Waals surface area (Å²) >= 11 is 2.91. The Hall–Kier alpha value is -1.68. The fourth-order valence-electron chi connectivity index (χ4n) is 1.61. The lowest BCUT2D eigenvalue weighted by Gasteiger charge is -2.10. The molecule has 104 valence electrons. The maximum atomic E-state index is 12.2. The summed E-state index contributed by atoms with van der Waals surface area (Å²) in [5.74, 6) is 5.17. The van der Waals surface area contributed by atoms with Gasteiger partial charge in [-0.1, -0.05) is 11.8 Å². The van der Waals surface area contributed by atoms with Crippen LogP contribution in [0.1, 0.15) is 38.1 Å². The molecule has 0 saturated heterocycles. The van der Waals surface area contributed by atoms with Gasteiger partial charge in [0.05, 0.1) is 6.04 Å². The van der Waals surface area contributed by atoms with Crippen molar-refractivity contribution in [1.29, 1.82) is 0 Å². The number of thiophene rings is 1. The van der Waals surface area contributed by atoms with E-state index in [1.807, 2.05) is 19.2 Å². The highest BCUT2D eigenvalue weighted by Crippen LogP contribution is 2.21. The molecule has 0 saturated carbocycles. The molecule has 0 fully saturated rings. The van der Waals surface area contributed by atoms with Gasteiger partial charge in [-0.05, 0) is 25.3 Å². The van der Waals surface area contributed by atoms with Crippen LogP contribution in [0.3, 0.4) is 0 Å². The van der Waals surface area contributed by atoms with Gasteiger partial charge in [0.15, 0.2) is 0 Å². The van der Waals surface area contributed by atoms with E-state index >= 15 is 0 Å². The Morgan fingerprint density at radius 3 is 3.05 bits per heavy atom. The first-order valence-electron chi connectivity index (χ1n) is 6.02. The minimum absolute atomic E-state index is 0.137. The number of aliphatic hydroxyl groups excluding tert-OH is 1. The Morgan fingerprint density at radius 2 is 2.40 bits per heavy atom. The van der Waals surface area contributed by atoms with Crippen LogP contribution in [0.15, 0.2) is 17.6 Å². The molecule has 2 aromatic rings. The summed E-state index contributed by atoms with van der Waals surface area (Å²) in [5, 5.41) is 14.3. The number of aliphatic hydroxyl groups is 1. The predicted molar refractivity (Wildman–Crippen MR) is 81.0 cm³/mol. The van der Waals surface area contributed by atoms with Gasteiger partial charge >= 0.3 is 0 Å². The second kappa shape index (κ2) is 6.66. The molecule has 2 heterocycles. The molecular weight excluding hydrogens is 292 g/mol. The monoisotopic (exact) mass is 306 g/mol. The number of hydrogen-bond acceptors (Lipinski definition) is 5. The number of aryl methyl sites for hydroxylation is 1. The fraction of sp³-hybridized carbons (Fsp3) is 0.286. The zero-order chi connectivity index (χ0) is 14.5. The van der Waals surface area contributed by atoms with E-state index in [0.717, 1.165) is 9.88 Å². The van der Waals surface area contributed by atoms with Crippen molar-refractivity contribution in [3.8, 4) is 11.8 Å². The van der Waals surface area contributed by atoms with Crippen LogP contribution < -0.4 is 5.32 Å². The van der Waals surface area contributed by atoms with E-state index < -0.39 is 0 Å². The molecule has 0 aliphatic carbocycles. The lowest BCUT2D eigenvalue weighted by atomic mass is 10.2. The molecule has 0 aliphatic heterocycles. The SMILES string of the molecule is Cc1cnc(C(C)NC(=O)c2sccc2C#CCO)s1. The molecule has 6 heteroatoms. The first kappa shape index (κ1) is 14.7. The van der Waals surface area contributed by atoms with Gasteiger partial charge in [-0.3, -0.25) is 4.79 Å². The van der Waals surface area contributed by atoms with Crippen LogP contribution in [0.5, 0.6) is 0 Å². The summed E-state index contributed by atoms with van der Waals surface area (Å²) in [6, 6.07) is 1.64. The topological polar surface area (TPSA) is 62.2 Å².